The van der Waals surface area contributed by atoms with Gasteiger partial charge in [-0.2, -0.15) is 4.31 Å². The quantitative estimate of drug-likeness (QED) is 0.849. The van der Waals surface area contributed by atoms with Crippen LogP contribution in [0, 0.1) is 0 Å². The highest BCUT2D eigenvalue weighted by molar-refractivity contribution is 7.89. The number of rotatable bonds is 4. The zero-order chi connectivity index (χ0) is 13.2. The SMILES string of the molecule is O=C(O)C=Cc1ccsc1CN1CCCS1(=O)=O. The van der Waals surface area contributed by atoms with E-state index in [1.165, 1.54) is 21.7 Å². The molecular formula is C11H13NO4S2. The van der Waals surface area contributed by atoms with E-state index in [2.05, 4.69) is 0 Å². The van der Waals surface area contributed by atoms with Crippen LogP contribution in [0.1, 0.15) is 16.9 Å². The Hall–Kier alpha value is -1.18. The summed E-state index contributed by atoms with van der Waals surface area (Å²) < 4.78 is 24.8. The first-order chi connectivity index (χ1) is 8.49. The van der Waals surface area contributed by atoms with Crippen LogP contribution < -0.4 is 0 Å². The molecule has 0 aromatic carbocycles. The summed E-state index contributed by atoms with van der Waals surface area (Å²) in [6.45, 7) is 0.877. The predicted molar refractivity (Wildman–Crippen MR) is 69.8 cm³/mol. The maximum Gasteiger partial charge on any atom is 0.328 e. The summed E-state index contributed by atoms with van der Waals surface area (Å²) in [5.74, 6) is -0.806. The van der Waals surface area contributed by atoms with Gasteiger partial charge >= 0.3 is 5.97 Å². The predicted octanol–water partition coefficient (Wildman–Crippen LogP) is 1.38. The summed E-state index contributed by atoms with van der Waals surface area (Å²) in [6, 6.07) is 1.79. The molecule has 98 valence electrons. The normalized spacial score (nSPS) is 19.6. The molecule has 5 nitrogen and oxygen atoms in total. The molecule has 0 aliphatic carbocycles. The fourth-order valence-corrected chi connectivity index (χ4v) is 4.27. The monoisotopic (exact) mass is 287 g/mol. The van der Waals surface area contributed by atoms with Crippen molar-refractivity contribution in [3.63, 3.8) is 0 Å². The van der Waals surface area contributed by atoms with Crippen molar-refractivity contribution in [1.82, 2.24) is 4.31 Å². The van der Waals surface area contributed by atoms with Crippen molar-refractivity contribution in [2.24, 2.45) is 0 Å². The van der Waals surface area contributed by atoms with Gasteiger partial charge in [-0.1, -0.05) is 0 Å². The van der Waals surface area contributed by atoms with Crippen LogP contribution in [0.15, 0.2) is 17.5 Å². The molecule has 1 aliphatic rings. The molecule has 1 aromatic rings. The molecule has 1 N–H and O–H groups in total. The molecule has 0 spiro atoms. The van der Waals surface area contributed by atoms with E-state index in [1.807, 2.05) is 5.38 Å². The lowest BCUT2D eigenvalue weighted by molar-refractivity contribution is -0.131. The molecule has 0 amide bonds. The van der Waals surface area contributed by atoms with Crippen LogP contribution in [0.5, 0.6) is 0 Å². The molecule has 0 bridgehead atoms. The van der Waals surface area contributed by atoms with Gasteiger partial charge in [0.15, 0.2) is 0 Å². The van der Waals surface area contributed by atoms with Crippen LogP contribution >= 0.6 is 11.3 Å². The van der Waals surface area contributed by atoms with E-state index in [-0.39, 0.29) is 5.75 Å². The Morgan fingerprint density at radius 2 is 2.33 bits per heavy atom. The topological polar surface area (TPSA) is 74.7 Å². The molecule has 2 rings (SSSR count). The largest absolute Gasteiger partial charge is 0.478 e. The summed E-state index contributed by atoms with van der Waals surface area (Å²) in [7, 11) is -3.11. The van der Waals surface area contributed by atoms with Gasteiger partial charge in [-0.15, -0.1) is 11.3 Å². The number of aliphatic carboxylic acids is 1. The number of carboxylic acid groups (broad SMARTS) is 1. The average molecular weight is 287 g/mol. The van der Waals surface area contributed by atoms with E-state index in [1.54, 1.807) is 6.07 Å². The Bertz CT molecular complexity index is 574. The Kier molecular flexibility index (Phi) is 3.84. The van der Waals surface area contributed by atoms with Gasteiger partial charge in [0.25, 0.3) is 0 Å². The first-order valence-corrected chi connectivity index (χ1v) is 7.93. The molecule has 7 heteroatoms. The second kappa shape index (κ2) is 5.21. The van der Waals surface area contributed by atoms with Gasteiger partial charge in [0.2, 0.25) is 10.0 Å². The van der Waals surface area contributed by atoms with Crippen molar-refractivity contribution in [3.8, 4) is 0 Å². The number of carboxylic acids is 1. The molecule has 1 fully saturated rings. The van der Waals surface area contributed by atoms with Gasteiger partial charge in [0, 0.05) is 24.0 Å². The third-order valence-corrected chi connectivity index (χ3v) is 5.53. The highest BCUT2D eigenvalue weighted by atomic mass is 32.2. The molecule has 0 unspecified atom stereocenters. The van der Waals surface area contributed by atoms with Gasteiger partial charge in [0.1, 0.15) is 0 Å². The number of sulfonamides is 1. The first-order valence-electron chi connectivity index (χ1n) is 5.44. The maximum atomic E-state index is 11.7. The van der Waals surface area contributed by atoms with Crippen molar-refractivity contribution >= 4 is 33.4 Å². The summed E-state index contributed by atoms with van der Waals surface area (Å²) in [4.78, 5) is 11.3. The molecule has 0 radical (unpaired) electrons. The van der Waals surface area contributed by atoms with Gasteiger partial charge in [-0.05, 0) is 29.5 Å². The Morgan fingerprint density at radius 1 is 1.56 bits per heavy atom. The zero-order valence-corrected chi connectivity index (χ0v) is 11.2. The zero-order valence-electron chi connectivity index (χ0n) is 9.57. The van der Waals surface area contributed by atoms with Gasteiger partial charge in [0.05, 0.1) is 5.75 Å². The molecule has 0 atom stereocenters. The van der Waals surface area contributed by atoms with Gasteiger partial charge in [-0.25, -0.2) is 13.2 Å². The summed E-state index contributed by atoms with van der Waals surface area (Å²) in [6.07, 6.45) is 3.22. The minimum Gasteiger partial charge on any atom is -0.478 e. The smallest absolute Gasteiger partial charge is 0.328 e. The second-order valence-electron chi connectivity index (χ2n) is 3.97. The third-order valence-electron chi connectivity index (χ3n) is 2.71. The lowest BCUT2D eigenvalue weighted by Gasteiger charge is -2.13. The molecule has 1 aromatic heterocycles. The molecule has 1 aliphatic heterocycles. The fraction of sp³-hybridized carbons (Fsp3) is 0.364. The van der Waals surface area contributed by atoms with Crippen LogP contribution in [-0.2, 0) is 21.4 Å². The van der Waals surface area contributed by atoms with Crippen LogP contribution in [0.3, 0.4) is 0 Å². The van der Waals surface area contributed by atoms with Crippen LogP contribution in [0.2, 0.25) is 0 Å². The summed E-state index contributed by atoms with van der Waals surface area (Å²) in [5.41, 5.74) is 0.768. The van der Waals surface area contributed by atoms with E-state index in [9.17, 15) is 13.2 Å². The second-order valence-corrected chi connectivity index (χ2v) is 7.06. The van der Waals surface area contributed by atoms with Crippen LogP contribution in [-0.4, -0.2) is 36.1 Å². The van der Waals surface area contributed by atoms with E-state index in [4.69, 9.17) is 5.11 Å². The molecule has 0 saturated carbocycles. The maximum absolute atomic E-state index is 11.7. The average Bonchev–Trinajstić information content (AvgIpc) is 2.84. The lowest BCUT2D eigenvalue weighted by atomic mass is 10.2. The molecule has 1 saturated heterocycles. The van der Waals surface area contributed by atoms with Crippen molar-refractivity contribution in [1.29, 1.82) is 0 Å². The highest BCUT2D eigenvalue weighted by Crippen LogP contribution is 2.24. The van der Waals surface area contributed by atoms with Crippen LogP contribution in [0.4, 0.5) is 0 Å². The fourth-order valence-electron chi connectivity index (χ4n) is 1.82. The van der Waals surface area contributed by atoms with E-state index in [0.29, 0.717) is 19.5 Å². The Labute approximate surface area is 109 Å². The summed E-state index contributed by atoms with van der Waals surface area (Å²) >= 11 is 1.44. The van der Waals surface area contributed by atoms with Crippen molar-refractivity contribution in [2.45, 2.75) is 13.0 Å². The van der Waals surface area contributed by atoms with Crippen molar-refractivity contribution in [3.05, 3.63) is 28.0 Å². The minimum absolute atomic E-state index is 0.207. The van der Waals surface area contributed by atoms with E-state index < -0.39 is 16.0 Å². The number of hydrogen-bond acceptors (Lipinski definition) is 4. The van der Waals surface area contributed by atoms with Crippen molar-refractivity contribution < 1.29 is 18.3 Å². The Morgan fingerprint density at radius 3 is 2.94 bits per heavy atom. The standard InChI is InChI=1S/C11H13NO4S2/c13-11(14)3-2-9-4-6-17-10(9)8-12-5-1-7-18(12,15)16/h2-4,6H,1,5,7-8H2,(H,13,14). The van der Waals surface area contributed by atoms with Gasteiger partial charge < -0.3 is 5.11 Å². The third kappa shape index (κ3) is 2.98. The number of carbonyl (C=O) groups is 1. The Balaban J connectivity index is 2.15. The van der Waals surface area contributed by atoms with Crippen LogP contribution in [0.25, 0.3) is 6.08 Å². The number of thiophene rings is 1. The minimum atomic E-state index is -3.11. The van der Waals surface area contributed by atoms with Gasteiger partial charge in [-0.3, -0.25) is 0 Å². The first kappa shape index (κ1) is 13.3. The molecular weight excluding hydrogens is 274 g/mol. The summed E-state index contributed by atoms with van der Waals surface area (Å²) in [5, 5.41) is 10.4. The number of hydrogen-bond donors (Lipinski definition) is 1. The van der Waals surface area contributed by atoms with E-state index in [0.717, 1.165) is 16.5 Å². The lowest BCUT2D eigenvalue weighted by Crippen LogP contribution is -2.24. The van der Waals surface area contributed by atoms with E-state index >= 15 is 0 Å². The highest BCUT2D eigenvalue weighted by Gasteiger charge is 2.28. The number of nitrogens with zero attached hydrogens (tertiary/aromatic N) is 1. The molecule has 2 heterocycles. The van der Waals surface area contributed by atoms with Crippen molar-refractivity contribution in [2.75, 3.05) is 12.3 Å². The molecule has 18 heavy (non-hydrogen) atoms.